The second-order valence-electron chi connectivity index (χ2n) is 6.29. The second kappa shape index (κ2) is 5.15. The van der Waals surface area contributed by atoms with Gasteiger partial charge < -0.3 is 10.5 Å². The van der Waals surface area contributed by atoms with Crippen molar-refractivity contribution in [1.82, 2.24) is 9.97 Å². The molecule has 1 aromatic heterocycles. The zero-order chi connectivity index (χ0) is 14.0. The summed E-state index contributed by atoms with van der Waals surface area (Å²) in [7, 11) is 0. The topological polar surface area (TPSA) is 84.9 Å². The lowest BCUT2D eigenvalue weighted by Gasteiger charge is -2.38. The van der Waals surface area contributed by atoms with E-state index in [0.29, 0.717) is 23.0 Å². The monoisotopic (exact) mass is 262 g/mol. The maximum atomic E-state index is 7.38. The van der Waals surface area contributed by atoms with Crippen molar-refractivity contribution in [3.8, 4) is 6.01 Å². The fourth-order valence-electron chi connectivity index (χ4n) is 3.04. The molecule has 1 heterocycles. The number of amidine groups is 1. The minimum absolute atomic E-state index is 0.0652. The first-order chi connectivity index (χ1) is 8.85. The third kappa shape index (κ3) is 3.66. The van der Waals surface area contributed by atoms with E-state index in [-0.39, 0.29) is 11.9 Å². The molecule has 2 unspecified atom stereocenters. The molecular weight excluding hydrogens is 240 g/mol. The fourth-order valence-corrected chi connectivity index (χ4v) is 3.04. The quantitative estimate of drug-likeness (QED) is 0.647. The van der Waals surface area contributed by atoms with Crippen LogP contribution in [0, 0.1) is 16.7 Å². The van der Waals surface area contributed by atoms with Gasteiger partial charge in [0, 0.05) is 6.20 Å². The van der Waals surface area contributed by atoms with Crippen LogP contribution in [0.4, 0.5) is 0 Å². The van der Waals surface area contributed by atoms with Crippen molar-refractivity contribution < 1.29 is 4.74 Å². The number of nitrogen functional groups attached to an aromatic ring is 1. The molecule has 2 rings (SSSR count). The zero-order valence-corrected chi connectivity index (χ0v) is 11.8. The molecule has 5 nitrogen and oxygen atoms in total. The summed E-state index contributed by atoms with van der Waals surface area (Å²) < 4.78 is 5.88. The van der Waals surface area contributed by atoms with E-state index in [0.717, 1.165) is 12.8 Å². The number of nitrogens with one attached hydrogen (secondary N) is 1. The Morgan fingerprint density at radius 1 is 1.47 bits per heavy atom. The van der Waals surface area contributed by atoms with Crippen LogP contribution in [0.2, 0.25) is 0 Å². The summed E-state index contributed by atoms with van der Waals surface area (Å²) in [6, 6.07) is 1.94. The lowest BCUT2D eigenvalue weighted by atomic mass is 9.71. The van der Waals surface area contributed by atoms with Crippen molar-refractivity contribution in [2.45, 2.75) is 46.1 Å². The van der Waals surface area contributed by atoms with Gasteiger partial charge in [0.2, 0.25) is 0 Å². The standard InChI is InChI=1S/C14H22N4O/c1-9-6-10(8-14(2,3)7-9)19-13-17-5-4-11(18-13)12(15)16/h4-5,9-10H,6-8H2,1-3H3,(H3,15,16). The van der Waals surface area contributed by atoms with Crippen LogP contribution >= 0.6 is 0 Å². The lowest BCUT2D eigenvalue weighted by Crippen LogP contribution is -2.34. The Balaban J connectivity index is 2.08. The van der Waals surface area contributed by atoms with E-state index in [2.05, 4.69) is 30.7 Å². The van der Waals surface area contributed by atoms with Gasteiger partial charge in [-0.15, -0.1) is 0 Å². The maximum Gasteiger partial charge on any atom is 0.317 e. The van der Waals surface area contributed by atoms with Crippen LogP contribution in [-0.2, 0) is 0 Å². The highest BCUT2D eigenvalue weighted by Crippen LogP contribution is 2.39. The third-order valence-electron chi connectivity index (χ3n) is 3.53. The summed E-state index contributed by atoms with van der Waals surface area (Å²) in [5, 5.41) is 7.38. The molecule has 1 aliphatic carbocycles. The van der Waals surface area contributed by atoms with Gasteiger partial charge in [-0.1, -0.05) is 20.8 Å². The van der Waals surface area contributed by atoms with Crippen molar-refractivity contribution in [3.05, 3.63) is 18.0 Å². The van der Waals surface area contributed by atoms with Crippen LogP contribution in [0.3, 0.4) is 0 Å². The number of hydrogen-bond acceptors (Lipinski definition) is 4. The van der Waals surface area contributed by atoms with Gasteiger partial charge in [-0.3, -0.25) is 5.41 Å². The zero-order valence-electron chi connectivity index (χ0n) is 11.8. The highest BCUT2D eigenvalue weighted by Gasteiger charge is 2.33. The Hall–Kier alpha value is -1.65. The van der Waals surface area contributed by atoms with E-state index in [9.17, 15) is 0 Å². The summed E-state index contributed by atoms with van der Waals surface area (Å²) in [4.78, 5) is 8.26. The van der Waals surface area contributed by atoms with Crippen LogP contribution in [0.15, 0.2) is 12.3 Å². The molecule has 0 saturated heterocycles. The SMILES string of the molecule is CC1CC(Oc2nccc(C(=N)N)n2)CC(C)(C)C1. The second-order valence-corrected chi connectivity index (χ2v) is 6.29. The van der Waals surface area contributed by atoms with E-state index in [1.807, 2.05) is 0 Å². The molecule has 2 atom stereocenters. The molecule has 104 valence electrons. The molecule has 0 amide bonds. The lowest BCUT2D eigenvalue weighted by molar-refractivity contribution is 0.0499. The van der Waals surface area contributed by atoms with Gasteiger partial charge in [0.15, 0.2) is 0 Å². The summed E-state index contributed by atoms with van der Waals surface area (Å²) in [6.45, 7) is 6.79. The normalized spacial score (nSPS) is 25.8. The Morgan fingerprint density at radius 3 is 2.84 bits per heavy atom. The highest BCUT2D eigenvalue weighted by atomic mass is 16.5. The number of hydrogen-bond donors (Lipinski definition) is 2. The first kappa shape index (κ1) is 13.8. The van der Waals surface area contributed by atoms with Crippen LogP contribution in [0.25, 0.3) is 0 Å². The van der Waals surface area contributed by atoms with Gasteiger partial charge in [-0.2, -0.15) is 4.98 Å². The summed E-state index contributed by atoms with van der Waals surface area (Å²) in [6.07, 6.45) is 4.97. The van der Waals surface area contributed by atoms with Gasteiger partial charge in [0.25, 0.3) is 0 Å². The van der Waals surface area contributed by atoms with Crippen LogP contribution in [-0.4, -0.2) is 21.9 Å². The van der Waals surface area contributed by atoms with Gasteiger partial charge in [0.1, 0.15) is 17.6 Å². The molecule has 0 aliphatic heterocycles. The molecule has 1 fully saturated rings. The smallest absolute Gasteiger partial charge is 0.317 e. The van der Waals surface area contributed by atoms with E-state index < -0.39 is 0 Å². The average Bonchev–Trinajstić information content (AvgIpc) is 2.26. The van der Waals surface area contributed by atoms with E-state index >= 15 is 0 Å². The molecule has 1 aromatic rings. The molecule has 0 aromatic carbocycles. The predicted molar refractivity (Wildman–Crippen MR) is 74.3 cm³/mol. The van der Waals surface area contributed by atoms with Crippen molar-refractivity contribution in [2.24, 2.45) is 17.1 Å². The van der Waals surface area contributed by atoms with E-state index in [4.69, 9.17) is 15.9 Å². The van der Waals surface area contributed by atoms with Crippen molar-refractivity contribution in [1.29, 1.82) is 5.41 Å². The number of nitrogens with zero attached hydrogens (tertiary/aromatic N) is 2. The van der Waals surface area contributed by atoms with Gasteiger partial charge >= 0.3 is 6.01 Å². The molecule has 5 heteroatoms. The molecular formula is C14H22N4O. The maximum absolute atomic E-state index is 7.38. The van der Waals surface area contributed by atoms with Gasteiger partial charge in [0.05, 0.1) is 0 Å². The molecule has 1 saturated carbocycles. The van der Waals surface area contributed by atoms with Crippen molar-refractivity contribution in [2.75, 3.05) is 0 Å². The van der Waals surface area contributed by atoms with E-state index in [1.165, 1.54) is 6.42 Å². The largest absolute Gasteiger partial charge is 0.460 e. The van der Waals surface area contributed by atoms with E-state index in [1.54, 1.807) is 12.3 Å². The molecule has 0 bridgehead atoms. The Labute approximate surface area is 114 Å². The first-order valence-corrected chi connectivity index (χ1v) is 6.70. The Bertz CT molecular complexity index is 472. The van der Waals surface area contributed by atoms with Crippen LogP contribution in [0.1, 0.15) is 45.7 Å². The number of aromatic nitrogens is 2. The number of ether oxygens (including phenoxy) is 1. The molecule has 0 radical (unpaired) electrons. The molecule has 19 heavy (non-hydrogen) atoms. The highest BCUT2D eigenvalue weighted by molar-refractivity contribution is 5.92. The Kier molecular flexibility index (Phi) is 3.73. The van der Waals surface area contributed by atoms with Crippen molar-refractivity contribution >= 4 is 5.84 Å². The number of rotatable bonds is 3. The van der Waals surface area contributed by atoms with Crippen LogP contribution < -0.4 is 10.5 Å². The fraction of sp³-hybridized carbons (Fsp3) is 0.643. The minimum Gasteiger partial charge on any atom is -0.460 e. The summed E-state index contributed by atoms with van der Waals surface area (Å²) in [5.74, 6) is 0.578. The summed E-state index contributed by atoms with van der Waals surface area (Å²) >= 11 is 0. The first-order valence-electron chi connectivity index (χ1n) is 6.70. The van der Waals surface area contributed by atoms with Gasteiger partial charge in [-0.25, -0.2) is 4.98 Å². The van der Waals surface area contributed by atoms with Crippen molar-refractivity contribution in [3.63, 3.8) is 0 Å². The molecule has 1 aliphatic rings. The molecule has 0 spiro atoms. The average molecular weight is 262 g/mol. The third-order valence-corrected chi connectivity index (χ3v) is 3.53. The predicted octanol–water partition coefficient (Wildman–Crippen LogP) is 2.35. The molecule has 3 N–H and O–H groups in total. The number of nitrogens with two attached hydrogens (primary N) is 1. The van der Waals surface area contributed by atoms with Crippen LogP contribution in [0.5, 0.6) is 6.01 Å². The summed E-state index contributed by atoms with van der Waals surface area (Å²) in [5.41, 5.74) is 6.12. The minimum atomic E-state index is -0.0652. The van der Waals surface area contributed by atoms with Gasteiger partial charge in [-0.05, 0) is 36.7 Å². The Morgan fingerprint density at radius 2 is 2.21 bits per heavy atom.